The first-order valence-corrected chi connectivity index (χ1v) is 4.33. The summed E-state index contributed by atoms with van der Waals surface area (Å²) in [5.74, 6) is -0.942. The average molecular weight is 185 g/mol. The Morgan fingerprint density at radius 2 is 2.38 bits per heavy atom. The molecule has 1 atom stereocenters. The van der Waals surface area contributed by atoms with Gasteiger partial charge in [0.15, 0.2) is 0 Å². The van der Waals surface area contributed by atoms with E-state index in [0.717, 1.165) is 6.54 Å². The molecule has 13 heavy (non-hydrogen) atoms. The van der Waals surface area contributed by atoms with Crippen molar-refractivity contribution < 1.29 is 15.0 Å². The predicted molar refractivity (Wildman–Crippen MR) is 48.5 cm³/mol. The van der Waals surface area contributed by atoms with Crippen molar-refractivity contribution >= 4 is 5.97 Å². The summed E-state index contributed by atoms with van der Waals surface area (Å²) in [5, 5.41) is 18.4. The van der Waals surface area contributed by atoms with E-state index < -0.39 is 11.6 Å². The van der Waals surface area contributed by atoms with Crippen LogP contribution in [0.1, 0.15) is 12.8 Å². The van der Waals surface area contributed by atoms with Crippen molar-refractivity contribution in [2.45, 2.75) is 18.4 Å². The lowest BCUT2D eigenvalue weighted by molar-refractivity contribution is -0.142. The number of carboxylic acid groups (broad SMARTS) is 1. The van der Waals surface area contributed by atoms with Crippen LogP contribution in [0.15, 0.2) is 12.7 Å². The van der Waals surface area contributed by atoms with Crippen molar-refractivity contribution in [1.29, 1.82) is 0 Å². The fraction of sp³-hybridized carbons (Fsp3) is 0.667. The summed E-state index contributed by atoms with van der Waals surface area (Å²) >= 11 is 0. The summed E-state index contributed by atoms with van der Waals surface area (Å²) in [6.45, 7) is 5.49. The van der Waals surface area contributed by atoms with Crippen LogP contribution in [0, 0.1) is 0 Å². The van der Waals surface area contributed by atoms with Gasteiger partial charge in [0, 0.05) is 19.6 Å². The van der Waals surface area contributed by atoms with Crippen LogP contribution in [-0.2, 0) is 4.79 Å². The minimum atomic E-state index is -1.03. The van der Waals surface area contributed by atoms with E-state index in [9.17, 15) is 9.90 Å². The molecule has 1 saturated heterocycles. The number of rotatable bonds is 4. The van der Waals surface area contributed by atoms with Crippen molar-refractivity contribution in [2.75, 3.05) is 19.6 Å². The number of hydrogen-bond acceptors (Lipinski definition) is 3. The van der Waals surface area contributed by atoms with Crippen molar-refractivity contribution in [3.8, 4) is 0 Å². The molecule has 0 bridgehead atoms. The second kappa shape index (κ2) is 3.89. The fourth-order valence-electron chi connectivity index (χ4n) is 1.70. The Balaban J connectivity index is 2.45. The number of likely N-dealkylation sites (tertiary alicyclic amines) is 1. The molecule has 0 radical (unpaired) electrons. The number of hydrogen-bond donors (Lipinski definition) is 2. The van der Waals surface area contributed by atoms with Gasteiger partial charge in [-0.3, -0.25) is 9.69 Å². The van der Waals surface area contributed by atoms with Gasteiger partial charge in [0.05, 0.1) is 12.0 Å². The molecule has 0 aromatic rings. The van der Waals surface area contributed by atoms with Crippen molar-refractivity contribution in [3.05, 3.63) is 12.7 Å². The molecule has 1 fully saturated rings. The highest BCUT2D eigenvalue weighted by atomic mass is 16.4. The summed E-state index contributed by atoms with van der Waals surface area (Å²) in [6.07, 6.45) is 2.13. The third-order valence-electron chi connectivity index (χ3n) is 2.28. The lowest BCUT2D eigenvalue weighted by Crippen LogP contribution is -2.35. The van der Waals surface area contributed by atoms with Gasteiger partial charge < -0.3 is 10.2 Å². The highest BCUT2D eigenvalue weighted by molar-refractivity contribution is 5.68. The van der Waals surface area contributed by atoms with Crippen LogP contribution in [0.25, 0.3) is 0 Å². The highest BCUT2D eigenvalue weighted by Crippen LogP contribution is 2.24. The van der Waals surface area contributed by atoms with Crippen molar-refractivity contribution in [2.24, 2.45) is 0 Å². The first kappa shape index (κ1) is 10.2. The number of β-amino-alcohol motifs (C(OH)–C–C–N with tert-alkyl or cyclic N) is 1. The van der Waals surface area contributed by atoms with Crippen LogP contribution in [0.4, 0.5) is 0 Å². The maximum Gasteiger partial charge on any atom is 0.306 e. The standard InChI is InChI=1S/C9H15NO3/c1-2-4-10-5-3-9(13,7-10)6-8(11)12/h2,13H,1,3-7H2,(H,11,12). The lowest BCUT2D eigenvalue weighted by Gasteiger charge is -2.20. The van der Waals surface area contributed by atoms with Crippen LogP contribution >= 0.6 is 0 Å². The van der Waals surface area contributed by atoms with E-state index in [0.29, 0.717) is 19.5 Å². The van der Waals surface area contributed by atoms with E-state index in [1.807, 2.05) is 4.90 Å². The molecule has 0 aromatic heterocycles. The van der Waals surface area contributed by atoms with E-state index in [1.165, 1.54) is 0 Å². The number of carboxylic acids is 1. The average Bonchev–Trinajstić information content (AvgIpc) is 2.31. The first-order chi connectivity index (χ1) is 6.06. The second-order valence-electron chi connectivity index (χ2n) is 3.57. The summed E-state index contributed by atoms with van der Waals surface area (Å²) in [6, 6.07) is 0. The quantitative estimate of drug-likeness (QED) is 0.609. The Labute approximate surface area is 77.5 Å². The van der Waals surface area contributed by atoms with Gasteiger partial charge in [0.25, 0.3) is 0 Å². The summed E-state index contributed by atoms with van der Waals surface area (Å²) < 4.78 is 0. The van der Waals surface area contributed by atoms with Gasteiger partial charge >= 0.3 is 5.97 Å². The summed E-state index contributed by atoms with van der Waals surface area (Å²) in [5.41, 5.74) is -1.03. The zero-order valence-corrected chi connectivity index (χ0v) is 7.57. The Morgan fingerprint density at radius 1 is 1.69 bits per heavy atom. The SMILES string of the molecule is C=CCN1CCC(O)(CC(=O)O)C1. The summed E-state index contributed by atoms with van der Waals surface area (Å²) in [7, 11) is 0. The molecule has 1 heterocycles. The lowest BCUT2D eigenvalue weighted by atomic mass is 9.99. The van der Waals surface area contributed by atoms with Gasteiger partial charge in [0.1, 0.15) is 0 Å². The molecule has 0 amide bonds. The van der Waals surface area contributed by atoms with E-state index in [-0.39, 0.29) is 6.42 Å². The van der Waals surface area contributed by atoms with E-state index >= 15 is 0 Å². The molecular weight excluding hydrogens is 170 g/mol. The van der Waals surface area contributed by atoms with Gasteiger partial charge in [-0.05, 0) is 6.42 Å². The molecule has 4 heteroatoms. The van der Waals surface area contributed by atoms with Crippen LogP contribution < -0.4 is 0 Å². The number of nitrogens with zero attached hydrogens (tertiary/aromatic N) is 1. The molecule has 0 aromatic carbocycles. The number of aliphatic carboxylic acids is 1. The summed E-state index contributed by atoms with van der Waals surface area (Å²) in [4.78, 5) is 12.4. The zero-order valence-electron chi connectivity index (χ0n) is 7.57. The molecule has 0 saturated carbocycles. The minimum absolute atomic E-state index is 0.166. The Bertz CT molecular complexity index is 217. The normalized spacial score (nSPS) is 29.0. The molecule has 74 valence electrons. The number of aliphatic hydroxyl groups is 1. The molecule has 4 nitrogen and oxygen atoms in total. The van der Waals surface area contributed by atoms with E-state index in [1.54, 1.807) is 6.08 Å². The zero-order chi connectivity index (χ0) is 9.90. The third kappa shape index (κ3) is 2.82. The van der Waals surface area contributed by atoms with Crippen LogP contribution in [0.5, 0.6) is 0 Å². The van der Waals surface area contributed by atoms with Crippen LogP contribution in [0.3, 0.4) is 0 Å². The molecule has 1 aliphatic rings. The topological polar surface area (TPSA) is 60.8 Å². The van der Waals surface area contributed by atoms with Gasteiger partial charge in [-0.15, -0.1) is 6.58 Å². The Morgan fingerprint density at radius 3 is 2.92 bits per heavy atom. The molecule has 1 aliphatic heterocycles. The molecule has 1 unspecified atom stereocenters. The maximum absolute atomic E-state index is 10.4. The Hall–Kier alpha value is -0.870. The molecule has 0 spiro atoms. The van der Waals surface area contributed by atoms with Crippen LogP contribution in [-0.4, -0.2) is 46.3 Å². The van der Waals surface area contributed by atoms with Crippen molar-refractivity contribution in [1.82, 2.24) is 4.90 Å². The maximum atomic E-state index is 10.4. The van der Waals surface area contributed by atoms with E-state index in [2.05, 4.69) is 6.58 Å². The molecule has 0 aliphatic carbocycles. The molecular formula is C9H15NO3. The monoisotopic (exact) mass is 185 g/mol. The van der Waals surface area contributed by atoms with Gasteiger partial charge in [0.2, 0.25) is 0 Å². The van der Waals surface area contributed by atoms with Crippen LogP contribution in [0.2, 0.25) is 0 Å². The number of carbonyl (C=O) groups is 1. The highest BCUT2D eigenvalue weighted by Gasteiger charge is 2.37. The van der Waals surface area contributed by atoms with Gasteiger partial charge in [-0.25, -0.2) is 0 Å². The third-order valence-corrected chi connectivity index (χ3v) is 2.28. The smallest absolute Gasteiger partial charge is 0.306 e. The first-order valence-electron chi connectivity index (χ1n) is 4.33. The van der Waals surface area contributed by atoms with Gasteiger partial charge in [-0.2, -0.15) is 0 Å². The van der Waals surface area contributed by atoms with Gasteiger partial charge in [-0.1, -0.05) is 6.08 Å². The molecule has 2 N–H and O–H groups in total. The Kier molecular flexibility index (Phi) is 3.06. The predicted octanol–water partition coefficient (Wildman–Crippen LogP) is 0.0839. The molecule has 1 rings (SSSR count). The van der Waals surface area contributed by atoms with E-state index in [4.69, 9.17) is 5.11 Å². The second-order valence-corrected chi connectivity index (χ2v) is 3.57. The van der Waals surface area contributed by atoms with Crippen molar-refractivity contribution in [3.63, 3.8) is 0 Å². The largest absolute Gasteiger partial charge is 0.481 e. The minimum Gasteiger partial charge on any atom is -0.481 e. The fourth-order valence-corrected chi connectivity index (χ4v) is 1.70.